The van der Waals surface area contributed by atoms with E-state index >= 15 is 0 Å². The third-order valence-electron chi connectivity index (χ3n) is 2.67. The van der Waals surface area contributed by atoms with Crippen molar-refractivity contribution in [2.24, 2.45) is 0 Å². The van der Waals surface area contributed by atoms with Gasteiger partial charge in [0.15, 0.2) is 0 Å². The number of nitrogens with one attached hydrogen (secondary N) is 1. The predicted octanol–water partition coefficient (Wildman–Crippen LogP) is 2.30. The van der Waals surface area contributed by atoms with E-state index in [1.807, 2.05) is 0 Å². The second-order valence-corrected chi connectivity index (χ2v) is 5.14. The summed E-state index contributed by atoms with van der Waals surface area (Å²) in [7, 11) is 0. The number of aromatic nitrogens is 1. The van der Waals surface area contributed by atoms with Gasteiger partial charge in [0, 0.05) is 6.20 Å². The Morgan fingerprint density at radius 2 is 2.06 bits per heavy atom. The van der Waals surface area contributed by atoms with Crippen LogP contribution in [0.1, 0.15) is 23.3 Å². The highest BCUT2D eigenvalue weighted by atomic mass is 35.5. The van der Waals surface area contributed by atoms with Crippen molar-refractivity contribution in [3.63, 3.8) is 0 Å². The Hall–Kier alpha value is -0.550. The zero-order valence-corrected chi connectivity index (χ0v) is 10.9. The fourth-order valence-corrected chi connectivity index (χ4v) is 1.94. The molecular weight excluding hydrogens is 286 g/mol. The van der Waals surface area contributed by atoms with Gasteiger partial charge in [-0.3, -0.25) is 4.79 Å². The first-order valence-corrected chi connectivity index (χ1v) is 6.05. The third-order valence-corrected chi connectivity index (χ3v) is 3.91. The molecule has 1 amide bonds. The van der Waals surface area contributed by atoms with Crippen LogP contribution in [0.5, 0.6) is 0 Å². The maximum atomic E-state index is 11.9. The summed E-state index contributed by atoms with van der Waals surface area (Å²) in [6, 6.07) is 0. The fraction of sp³-hybridized carbons (Fsp3) is 0.400. The molecule has 17 heavy (non-hydrogen) atoms. The summed E-state index contributed by atoms with van der Waals surface area (Å²) in [5.74, 6) is -0.458. The van der Waals surface area contributed by atoms with Gasteiger partial charge in [-0.2, -0.15) is 0 Å². The van der Waals surface area contributed by atoms with Gasteiger partial charge in [-0.1, -0.05) is 34.8 Å². The molecule has 0 atom stereocenters. The molecule has 1 saturated carbocycles. The molecule has 1 aliphatic carbocycles. The maximum absolute atomic E-state index is 11.9. The van der Waals surface area contributed by atoms with Crippen molar-refractivity contribution < 1.29 is 9.90 Å². The highest BCUT2D eigenvalue weighted by Gasteiger charge is 2.44. The molecule has 2 rings (SSSR count). The van der Waals surface area contributed by atoms with Gasteiger partial charge in [0.1, 0.15) is 5.69 Å². The van der Waals surface area contributed by atoms with Crippen molar-refractivity contribution in [3.8, 4) is 0 Å². The number of carbonyl (C=O) groups is 1. The van der Waals surface area contributed by atoms with E-state index in [2.05, 4.69) is 10.3 Å². The Labute approximate surface area is 113 Å². The van der Waals surface area contributed by atoms with Gasteiger partial charge in [-0.25, -0.2) is 4.98 Å². The van der Waals surface area contributed by atoms with E-state index in [0.717, 1.165) is 12.8 Å². The summed E-state index contributed by atoms with van der Waals surface area (Å²) in [4.78, 5) is 15.7. The first-order valence-electron chi connectivity index (χ1n) is 4.92. The Kier molecular flexibility index (Phi) is 3.50. The van der Waals surface area contributed by atoms with Gasteiger partial charge in [-0.05, 0) is 12.8 Å². The molecule has 4 nitrogen and oxygen atoms in total. The van der Waals surface area contributed by atoms with E-state index in [1.165, 1.54) is 6.20 Å². The smallest absolute Gasteiger partial charge is 0.271 e. The van der Waals surface area contributed by atoms with Crippen LogP contribution in [-0.4, -0.2) is 28.1 Å². The zero-order chi connectivity index (χ0) is 12.6. The monoisotopic (exact) mass is 294 g/mol. The second kappa shape index (κ2) is 4.61. The van der Waals surface area contributed by atoms with Crippen LogP contribution in [0.25, 0.3) is 0 Å². The molecule has 1 fully saturated rings. The van der Waals surface area contributed by atoms with Gasteiger partial charge in [0.2, 0.25) is 0 Å². The number of aliphatic hydroxyl groups excluding tert-OH is 1. The lowest BCUT2D eigenvalue weighted by molar-refractivity contribution is 0.0902. The lowest BCUT2D eigenvalue weighted by Crippen LogP contribution is -2.40. The highest BCUT2D eigenvalue weighted by molar-refractivity contribution is 6.48. The van der Waals surface area contributed by atoms with Gasteiger partial charge in [0.05, 0.1) is 27.2 Å². The molecule has 0 unspecified atom stereocenters. The fourth-order valence-electron chi connectivity index (χ4n) is 1.38. The van der Waals surface area contributed by atoms with Gasteiger partial charge < -0.3 is 10.4 Å². The lowest BCUT2D eigenvalue weighted by atomic mass is 10.2. The Bertz CT molecular complexity index is 475. The van der Waals surface area contributed by atoms with Gasteiger partial charge in [0.25, 0.3) is 5.91 Å². The minimum Gasteiger partial charge on any atom is -0.394 e. The number of rotatable bonds is 3. The van der Waals surface area contributed by atoms with Gasteiger partial charge in [-0.15, -0.1) is 0 Å². The molecular formula is C10H9Cl3N2O2. The van der Waals surface area contributed by atoms with Crippen molar-refractivity contribution in [3.05, 3.63) is 27.0 Å². The van der Waals surface area contributed by atoms with Crippen molar-refractivity contribution in [2.45, 2.75) is 18.4 Å². The summed E-state index contributed by atoms with van der Waals surface area (Å²) < 4.78 is 0. The number of amides is 1. The second-order valence-electron chi connectivity index (χ2n) is 3.98. The SMILES string of the molecule is O=C(NC1(CO)CC1)c1ncc(Cl)c(Cl)c1Cl. The molecule has 1 aromatic rings. The minimum atomic E-state index is -0.520. The molecule has 0 aliphatic heterocycles. The zero-order valence-electron chi connectivity index (χ0n) is 8.64. The van der Waals surface area contributed by atoms with Crippen molar-refractivity contribution in [1.29, 1.82) is 0 Å². The van der Waals surface area contributed by atoms with Crippen LogP contribution in [-0.2, 0) is 0 Å². The molecule has 2 N–H and O–H groups in total. The van der Waals surface area contributed by atoms with Crippen LogP contribution in [0.3, 0.4) is 0 Å². The normalized spacial score (nSPS) is 16.7. The molecule has 92 valence electrons. The topological polar surface area (TPSA) is 62.2 Å². The molecule has 7 heteroatoms. The Morgan fingerprint density at radius 1 is 1.41 bits per heavy atom. The molecule has 1 heterocycles. The maximum Gasteiger partial charge on any atom is 0.271 e. The van der Waals surface area contributed by atoms with Gasteiger partial charge >= 0.3 is 0 Å². The van der Waals surface area contributed by atoms with Crippen LogP contribution in [0.4, 0.5) is 0 Å². The summed E-state index contributed by atoms with van der Waals surface area (Å²) in [6.07, 6.45) is 2.76. The van der Waals surface area contributed by atoms with E-state index < -0.39 is 11.4 Å². The first-order chi connectivity index (χ1) is 7.99. The average molecular weight is 296 g/mol. The molecule has 0 saturated heterocycles. The summed E-state index contributed by atoms with van der Waals surface area (Å²) in [6.45, 7) is -0.0995. The molecule has 0 aromatic carbocycles. The molecule has 1 aromatic heterocycles. The predicted molar refractivity (Wildman–Crippen MR) is 65.8 cm³/mol. The highest BCUT2D eigenvalue weighted by Crippen LogP contribution is 2.36. The quantitative estimate of drug-likeness (QED) is 0.899. The lowest BCUT2D eigenvalue weighted by Gasteiger charge is -2.14. The number of halogens is 3. The Balaban J connectivity index is 2.23. The van der Waals surface area contributed by atoms with E-state index in [-0.39, 0.29) is 27.4 Å². The van der Waals surface area contributed by atoms with E-state index in [9.17, 15) is 4.79 Å². The van der Waals surface area contributed by atoms with E-state index in [0.29, 0.717) is 0 Å². The summed E-state index contributed by atoms with van der Waals surface area (Å²) in [5, 5.41) is 12.1. The first kappa shape index (κ1) is 12.9. The number of hydrogen-bond acceptors (Lipinski definition) is 3. The van der Waals surface area contributed by atoms with Crippen LogP contribution in [0, 0.1) is 0 Å². The number of pyridine rings is 1. The number of aliphatic hydroxyl groups is 1. The van der Waals surface area contributed by atoms with Crippen LogP contribution in [0.15, 0.2) is 6.20 Å². The average Bonchev–Trinajstić information content (AvgIpc) is 3.06. The standard InChI is InChI=1S/C10H9Cl3N2O2/c11-5-3-14-8(7(13)6(5)12)9(17)15-10(4-16)1-2-10/h3,16H,1-2,4H2,(H,15,17). The largest absolute Gasteiger partial charge is 0.394 e. The summed E-state index contributed by atoms with van der Waals surface area (Å²) >= 11 is 17.4. The minimum absolute atomic E-state index is 0.0146. The van der Waals surface area contributed by atoms with E-state index in [4.69, 9.17) is 39.9 Å². The molecule has 1 aliphatic rings. The van der Waals surface area contributed by atoms with E-state index in [1.54, 1.807) is 0 Å². The van der Waals surface area contributed by atoms with Crippen LogP contribution >= 0.6 is 34.8 Å². The van der Waals surface area contributed by atoms with Crippen LogP contribution in [0.2, 0.25) is 15.1 Å². The summed E-state index contributed by atoms with van der Waals surface area (Å²) in [5.41, 5.74) is -0.505. The van der Waals surface area contributed by atoms with Crippen LogP contribution < -0.4 is 5.32 Å². The van der Waals surface area contributed by atoms with Crippen molar-refractivity contribution >= 4 is 40.7 Å². The van der Waals surface area contributed by atoms with Crippen molar-refractivity contribution in [1.82, 2.24) is 10.3 Å². The van der Waals surface area contributed by atoms with Crippen molar-refractivity contribution in [2.75, 3.05) is 6.61 Å². The molecule has 0 spiro atoms. The Morgan fingerprint density at radius 3 is 2.59 bits per heavy atom. The molecule has 0 bridgehead atoms. The number of hydrogen-bond donors (Lipinski definition) is 2. The molecule has 0 radical (unpaired) electrons. The third kappa shape index (κ3) is 2.50. The number of nitrogens with zero attached hydrogens (tertiary/aromatic N) is 1. The number of carbonyl (C=O) groups excluding carboxylic acids is 1.